The Kier molecular flexibility index (Phi) is 9.57. The van der Waals surface area contributed by atoms with E-state index >= 15 is 0 Å². The monoisotopic (exact) mass is 519 g/mol. The molecule has 1 aromatic carbocycles. The summed E-state index contributed by atoms with van der Waals surface area (Å²) in [5.41, 5.74) is 1.11. The number of methoxy groups -OCH3 is 2. The van der Waals surface area contributed by atoms with Gasteiger partial charge in [-0.1, -0.05) is 0 Å². The SMILES string of the molecule is CN=C(NCC1CN(C)CCO1)NC1CCN(c2cc(OC)cc(OC)c2)C1.I. The summed E-state index contributed by atoms with van der Waals surface area (Å²) in [5, 5.41) is 6.95. The maximum atomic E-state index is 5.81. The van der Waals surface area contributed by atoms with E-state index in [0.29, 0.717) is 6.04 Å². The Labute approximate surface area is 191 Å². The zero-order valence-electron chi connectivity index (χ0n) is 17.8. The Hall–Kier alpha value is -1.46. The van der Waals surface area contributed by atoms with E-state index in [4.69, 9.17) is 14.2 Å². The second kappa shape index (κ2) is 11.7. The number of ether oxygens (including phenoxy) is 3. The summed E-state index contributed by atoms with van der Waals surface area (Å²) in [6, 6.07) is 6.33. The van der Waals surface area contributed by atoms with Crippen molar-refractivity contribution >= 4 is 35.6 Å². The molecule has 8 nitrogen and oxygen atoms in total. The van der Waals surface area contributed by atoms with E-state index in [1.807, 2.05) is 13.1 Å². The number of nitrogens with zero attached hydrogens (tertiary/aromatic N) is 3. The Morgan fingerprint density at radius 2 is 1.90 bits per heavy atom. The molecular formula is C20H34IN5O3. The number of halogens is 1. The molecule has 0 amide bonds. The lowest BCUT2D eigenvalue weighted by molar-refractivity contribution is -0.0161. The molecule has 2 heterocycles. The van der Waals surface area contributed by atoms with E-state index in [1.165, 1.54) is 0 Å². The van der Waals surface area contributed by atoms with Gasteiger partial charge in [0.25, 0.3) is 0 Å². The van der Waals surface area contributed by atoms with Crippen LogP contribution in [0.4, 0.5) is 5.69 Å². The lowest BCUT2D eigenvalue weighted by atomic mass is 10.2. The quantitative estimate of drug-likeness (QED) is 0.335. The van der Waals surface area contributed by atoms with Gasteiger partial charge in [0.1, 0.15) is 11.5 Å². The minimum atomic E-state index is 0. The molecule has 1 aromatic rings. The van der Waals surface area contributed by atoms with E-state index in [-0.39, 0.29) is 30.1 Å². The van der Waals surface area contributed by atoms with E-state index in [1.54, 1.807) is 14.2 Å². The zero-order valence-corrected chi connectivity index (χ0v) is 20.1. The van der Waals surface area contributed by atoms with Crippen LogP contribution in [0.2, 0.25) is 0 Å². The molecule has 2 aliphatic heterocycles. The number of guanidine groups is 1. The van der Waals surface area contributed by atoms with E-state index in [0.717, 1.165) is 68.9 Å². The number of nitrogens with one attached hydrogen (secondary N) is 2. The van der Waals surface area contributed by atoms with Gasteiger partial charge in [0.05, 0.1) is 26.9 Å². The fourth-order valence-electron chi connectivity index (χ4n) is 3.68. The second-order valence-corrected chi connectivity index (χ2v) is 7.35. The molecule has 29 heavy (non-hydrogen) atoms. The molecule has 0 aromatic heterocycles. The highest BCUT2D eigenvalue weighted by atomic mass is 127. The third kappa shape index (κ3) is 6.78. The molecule has 0 radical (unpaired) electrons. The molecule has 2 fully saturated rings. The van der Waals surface area contributed by atoms with Crippen molar-refractivity contribution in [1.82, 2.24) is 15.5 Å². The van der Waals surface area contributed by atoms with Crippen LogP contribution in [-0.4, -0.2) is 90.7 Å². The number of aliphatic imine (C=N–C) groups is 1. The Bertz CT molecular complexity index is 653. The maximum absolute atomic E-state index is 5.81. The normalized spacial score (nSPS) is 22.8. The minimum Gasteiger partial charge on any atom is -0.497 e. The van der Waals surface area contributed by atoms with Crippen LogP contribution >= 0.6 is 24.0 Å². The fraction of sp³-hybridized carbons (Fsp3) is 0.650. The molecule has 0 aliphatic carbocycles. The van der Waals surface area contributed by atoms with Gasteiger partial charge < -0.3 is 34.6 Å². The van der Waals surface area contributed by atoms with Gasteiger partial charge in [0.15, 0.2) is 5.96 Å². The Balaban J connectivity index is 0.00000300. The summed E-state index contributed by atoms with van der Waals surface area (Å²) in [5.74, 6) is 2.44. The summed E-state index contributed by atoms with van der Waals surface area (Å²) < 4.78 is 16.6. The molecule has 3 rings (SSSR count). The highest BCUT2D eigenvalue weighted by Crippen LogP contribution is 2.30. The van der Waals surface area contributed by atoms with Crippen LogP contribution in [0.3, 0.4) is 0 Å². The lowest BCUT2D eigenvalue weighted by Gasteiger charge is -2.30. The highest BCUT2D eigenvalue weighted by molar-refractivity contribution is 14.0. The van der Waals surface area contributed by atoms with Crippen molar-refractivity contribution in [2.45, 2.75) is 18.6 Å². The summed E-state index contributed by atoms with van der Waals surface area (Å²) in [4.78, 5) is 9.01. The summed E-state index contributed by atoms with van der Waals surface area (Å²) in [6.45, 7) is 5.36. The first-order valence-electron chi connectivity index (χ1n) is 9.86. The van der Waals surface area contributed by atoms with Crippen molar-refractivity contribution in [2.75, 3.05) is 72.5 Å². The van der Waals surface area contributed by atoms with Gasteiger partial charge in [0, 0.05) is 69.7 Å². The van der Waals surface area contributed by atoms with Crippen molar-refractivity contribution < 1.29 is 14.2 Å². The van der Waals surface area contributed by atoms with Gasteiger partial charge in [-0.15, -0.1) is 24.0 Å². The first-order chi connectivity index (χ1) is 13.6. The predicted molar refractivity (Wildman–Crippen MR) is 127 cm³/mol. The van der Waals surface area contributed by atoms with Crippen molar-refractivity contribution in [3.05, 3.63) is 18.2 Å². The van der Waals surface area contributed by atoms with Gasteiger partial charge in [-0.25, -0.2) is 0 Å². The average molecular weight is 519 g/mol. The van der Waals surface area contributed by atoms with Crippen molar-refractivity contribution in [3.63, 3.8) is 0 Å². The number of likely N-dealkylation sites (N-methyl/N-ethyl adjacent to an activating group) is 1. The topological polar surface area (TPSA) is 70.6 Å². The first-order valence-corrected chi connectivity index (χ1v) is 9.86. The van der Waals surface area contributed by atoms with Gasteiger partial charge in [-0.05, 0) is 13.5 Å². The maximum Gasteiger partial charge on any atom is 0.191 e. The van der Waals surface area contributed by atoms with Crippen LogP contribution in [0.1, 0.15) is 6.42 Å². The van der Waals surface area contributed by atoms with E-state index < -0.39 is 0 Å². The summed E-state index contributed by atoms with van der Waals surface area (Å²) >= 11 is 0. The zero-order chi connectivity index (χ0) is 19.9. The van der Waals surface area contributed by atoms with E-state index in [2.05, 4.69) is 44.6 Å². The van der Waals surface area contributed by atoms with Gasteiger partial charge in [-0.2, -0.15) is 0 Å². The smallest absolute Gasteiger partial charge is 0.191 e. The van der Waals surface area contributed by atoms with Crippen LogP contribution in [0, 0.1) is 0 Å². The molecule has 0 spiro atoms. The van der Waals surface area contributed by atoms with Crippen LogP contribution in [0.15, 0.2) is 23.2 Å². The van der Waals surface area contributed by atoms with Gasteiger partial charge >= 0.3 is 0 Å². The lowest BCUT2D eigenvalue weighted by Crippen LogP contribution is -2.50. The number of anilines is 1. The average Bonchev–Trinajstić information content (AvgIpc) is 3.19. The minimum absolute atomic E-state index is 0. The number of hydrogen-bond acceptors (Lipinski definition) is 6. The third-order valence-electron chi connectivity index (χ3n) is 5.29. The first kappa shape index (κ1) is 23.8. The van der Waals surface area contributed by atoms with E-state index in [9.17, 15) is 0 Å². The summed E-state index contributed by atoms with van der Waals surface area (Å²) in [6.07, 6.45) is 1.24. The van der Waals surface area contributed by atoms with Crippen molar-refractivity contribution in [3.8, 4) is 11.5 Å². The number of rotatable bonds is 6. The molecule has 2 saturated heterocycles. The largest absolute Gasteiger partial charge is 0.497 e. The molecule has 2 N–H and O–H groups in total. The molecule has 2 atom stereocenters. The summed E-state index contributed by atoms with van der Waals surface area (Å²) in [7, 11) is 7.29. The van der Waals surface area contributed by atoms with Crippen LogP contribution in [-0.2, 0) is 4.74 Å². The molecular weight excluding hydrogens is 485 g/mol. The second-order valence-electron chi connectivity index (χ2n) is 7.35. The van der Waals surface area contributed by atoms with Crippen molar-refractivity contribution in [2.24, 2.45) is 4.99 Å². The fourth-order valence-corrected chi connectivity index (χ4v) is 3.68. The number of hydrogen-bond donors (Lipinski definition) is 2. The van der Waals surface area contributed by atoms with Crippen LogP contribution < -0.4 is 25.0 Å². The standard InChI is InChI=1S/C20H33N5O3.HI/c1-21-20(22-12-19-14-24(2)7-8-28-19)23-15-5-6-25(13-15)16-9-17(26-3)11-18(10-16)27-4;/h9-11,15,19H,5-8,12-14H2,1-4H3,(H2,21,22,23);1H. The van der Waals surface area contributed by atoms with Crippen LogP contribution in [0.5, 0.6) is 11.5 Å². The predicted octanol–water partition coefficient (Wildman–Crippen LogP) is 1.40. The molecule has 164 valence electrons. The Morgan fingerprint density at radius 1 is 1.17 bits per heavy atom. The third-order valence-corrected chi connectivity index (χ3v) is 5.29. The Morgan fingerprint density at radius 3 is 2.52 bits per heavy atom. The molecule has 9 heteroatoms. The molecule has 2 aliphatic rings. The number of benzene rings is 1. The molecule has 0 saturated carbocycles. The van der Waals surface area contributed by atoms with Crippen molar-refractivity contribution in [1.29, 1.82) is 0 Å². The van der Waals surface area contributed by atoms with Crippen LogP contribution in [0.25, 0.3) is 0 Å². The highest BCUT2D eigenvalue weighted by Gasteiger charge is 2.25. The molecule has 0 bridgehead atoms. The number of morpholine rings is 1. The molecule has 2 unspecified atom stereocenters. The van der Waals surface area contributed by atoms with Gasteiger partial charge in [-0.3, -0.25) is 4.99 Å². The van der Waals surface area contributed by atoms with Gasteiger partial charge in [0.2, 0.25) is 0 Å².